The van der Waals surface area contributed by atoms with Crippen LogP contribution in [0.25, 0.3) is 0 Å². The van der Waals surface area contributed by atoms with Crippen molar-refractivity contribution < 1.29 is 27.4 Å². The van der Waals surface area contributed by atoms with E-state index in [1.165, 1.54) is 7.11 Å². The van der Waals surface area contributed by atoms with Crippen LogP contribution in [0.5, 0.6) is 5.75 Å². The number of ether oxygens (including phenoxy) is 2. The fraction of sp³-hybridized carbons (Fsp3) is 0.571. The fourth-order valence-corrected chi connectivity index (χ4v) is 2.30. The summed E-state index contributed by atoms with van der Waals surface area (Å²) in [5.41, 5.74) is -0.989. The summed E-state index contributed by atoms with van der Waals surface area (Å²) in [6.07, 6.45) is -2.91. The molecule has 6 nitrogen and oxygen atoms in total. The highest BCUT2D eigenvalue weighted by atomic mass is 19.4. The third kappa shape index (κ3) is 4.04. The summed E-state index contributed by atoms with van der Waals surface area (Å²) in [6, 6.07) is 0.267. The minimum Gasteiger partial charge on any atom is -0.494 e. The lowest BCUT2D eigenvalue weighted by Crippen LogP contribution is -2.50. The second kappa shape index (κ2) is 7.03. The Hall–Kier alpha value is -2.03. The number of aromatic nitrogens is 1. The molecule has 9 heteroatoms. The number of pyridine rings is 1. The maximum Gasteiger partial charge on any atom is 0.433 e. The second-order valence-electron chi connectivity index (χ2n) is 5.03. The summed E-state index contributed by atoms with van der Waals surface area (Å²) >= 11 is 0. The minimum absolute atomic E-state index is 0.0721. The highest BCUT2D eigenvalue weighted by Gasteiger charge is 2.34. The molecule has 0 spiro atoms. The largest absolute Gasteiger partial charge is 0.494 e. The lowest BCUT2D eigenvalue weighted by Gasteiger charge is -2.35. The number of nitrogens with one attached hydrogen (secondary N) is 1. The van der Waals surface area contributed by atoms with Gasteiger partial charge in [-0.2, -0.15) is 13.2 Å². The predicted molar refractivity (Wildman–Crippen MR) is 76.4 cm³/mol. The van der Waals surface area contributed by atoms with Crippen LogP contribution in [-0.4, -0.2) is 48.8 Å². The SMILES string of the molecule is CC[C@H]1COCCN1C(=O)Nc1cnc(C(F)(F)F)cc1OC. The lowest BCUT2D eigenvalue weighted by atomic mass is 10.2. The van der Waals surface area contributed by atoms with Crippen LogP contribution < -0.4 is 10.1 Å². The van der Waals surface area contributed by atoms with E-state index in [1.54, 1.807) is 4.90 Å². The topological polar surface area (TPSA) is 63.7 Å². The molecule has 2 heterocycles. The first-order valence-corrected chi connectivity index (χ1v) is 7.13. The third-order valence-electron chi connectivity index (χ3n) is 3.58. The van der Waals surface area contributed by atoms with Crippen molar-refractivity contribution >= 4 is 11.7 Å². The Kier molecular flexibility index (Phi) is 5.30. The first-order valence-electron chi connectivity index (χ1n) is 7.13. The number of hydrogen-bond donors (Lipinski definition) is 1. The number of morpholine rings is 1. The maximum absolute atomic E-state index is 12.7. The fourth-order valence-electron chi connectivity index (χ4n) is 2.30. The average molecular weight is 333 g/mol. The van der Waals surface area contributed by atoms with Crippen molar-refractivity contribution in [2.24, 2.45) is 0 Å². The Morgan fingerprint density at radius 3 is 2.91 bits per heavy atom. The van der Waals surface area contributed by atoms with Crippen LogP contribution in [0.4, 0.5) is 23.7 Å². The highest BCUT2D eigenvalue weighted by Crippen LogP contribution is 2.33. The number of carbonyl (C=O) groups excluding carboxylic acids is 1. The number of carbonyl (C=O) groups is 1. The number of nitrogens with zero attached hydrogens (tertiary/aromatic N) is 2. The number of urea groups is 1. The van der Waals surface area contributed by atoms with Crippen molar-refractivity contribution in [3.05, 3.63) is 18.0 Å². The van der Waals surface area contributed by atoms with Gasteiger partial charge in [0.15, 0.2) is 0 Å². The summed E-state index contributed by atoms with van der Waals surface area (Å²) in [5, 5.41) is 2.55. The molecular weight excluding hydrogens is 315 g/mol. The molecule has 1 N–H and O–H groups in total. The molecule has 1 atom stereocenters. The molecule has 0 saturated carbocycles. The Balaban J connectivity index is 2.17. The number of alkyl halides is 3. The van der Waals surface area contributed by atoms with Gasteiger partial charge in [0.1, 0.15) is 17.1 Å². The Labute approximate surface area is 131 Å². The molecule has 1 fully saturated rings. The molecule has 0 radical (unpaired) electrons. The normalized spacial score (nSPS) is 18.7. The molecule has 0 aromatic carbocycles. The highest BCUT2D eigenvalue weighted by molar-refractivity contribution is 5.91. The van der Waals surface area contributed by atoms with Crippen molar-refractivity contribution in [2.45, 2.75) is 25.6 Å². The van der Waals surface area contributed by atoms with Gasteiger partial charge < -0.3 is 19.7 Å². The summed E-state index contributed by atoms with van der Waals surface area (Å²) < 4.78 is 48.2. The second-order valence-corrected chi connectivity index (χ2v) is 5.03. The zero-order valence-corrected chi connectivity index (χ0v) is 12.8. The molecular formula is C14H18F3N3O3. The summed E-state index contributed by atoms with van der Waals surface area (Å²) in [7, 11) is 1.23. The Morgan fingerprint density at radius 1 is 1.57 bits per heavy atom. The molecule has 0 unspecified atom stereocenters. The summed E-state index contributed by atoms with van der Waals surface area (Å²) in [6.45, 7) is 3.21. The Morgan fingerprint density at radius 2 is 2.30 bits per heavy atom. The van der Waals surface area contributed by atoms with Crippen LogP contribution in [-0.2, 0) is 10.9 Å². The van der Waals surface area contributed by atoms with Crippen LogP contribution in [0.3, 0.4) is 0 Å². The third-order valence-corrected chi connectivity index (χ3v) is 3.58. The minimum atomic E-state index is -4.58. The van der Waals surface area contributed by atoms with Gasteiger partial charge >= 0.3 is 12.2 Å². The van der Waals surface area contributed by atoms with Crippen molar-refractivity contribution in [3.8, 4) is 5.75 Å². The predicted octanol–water partition coefficient (Wildman–Crippen LogP) is 2.75. The quantitative estimate of drug-likeness (QED) is 0.924. The van der Waals surface area contributed by atoms with Gasteiger partial charge in [-0.1, -0.05) is 6.92 Å². The van der Waals surface area contributed by atoms with Gasteiger partial charge in [-0.3, -0.25) is 0 Å². The van der Waals surface area contributed by atoms with Crippen molar-refractivity contribution in [1.29, 1.82) is 0 Å². The van der Waals surface area contributed by atoms with Gasteiger partial charge in [0.25, 0.3) is 0 Å². The Bertz CT molecular complexity index is 566. The van der Waals surface area contributed by atoms with E-state index in [-0.39, 0.29) is 17.5 Å². The van der Waals surface area contributed by atoms with E-state index in [1.807, 2.05) is 6.92 Å². The molecule has 0 aliphatic carbocycles. The van der Waals surface area contributed by atoms with Crippen LogP contribution in [0.1, 0.15) is 19.0 Å². The summed E-state index contributed by atoms with van der Waals surface area (Å²) in [5.74, 6) is -0.0954. The molecule has 128 valence electrons. The van der Waals surface area contributed by atoms with Crippen LogP contribution in [0.2, 0.25) is 0 Å². The zero-order chi connectivity index (χ0) is 17.0. The molecule has 0 bridgehead atoms. The monoisotopic (exact) mass is 333 g/mol. The molecule has 1 aromatic rings. The van der Waals surface area contributed by atoms with Gasteiger partial charge in [0, 0.05) is 12.6 Å². The van der Waals surface area contributed by atoms with Gasteiger partial charge in [-0.15, -0.1) is 0 Å². The molecule has 1 aromatic heterocycles. The first kappa shape index (κ1) is 17.3. The molecule has 23 heavy (non-hydrogen) atoms. The lowest BCUT2D eigenvalue weighted by molar-refractivity contribution is -0.141. The van der Waals surface area contributed by atoms with Gasteiger partial charge in [-0.25, -0.2) is 9.78 Å². The van der Waals surface area contributed by atoms with E-state index in [2.05, 4.69) is 10.3 Å². The number of halogens is 3. The molecule has 1 aliphatic heterocycles. The molecule has 2 rings (SSSR count). The van der Waals surface area contributed by atoms with Gasteiger partial charge in [0.05, 0.1) is 32.6 Å². The van der Waals surface area contributed by atoms with E-state index < -0.39 is 17.9 Å². The molecule has 2 amide bonds. The van der Waals surface area contributed by atoms with E-state index in [4.69, 9.17) is 9.47 Å². The van der Waals surface area contributed by atoms with E-state index in [9.17, 15) is 18.0 Å². The van der Waals surface area contributed by atoms with Crippen molar-refractivity contribution in [1.82, 2.24) is 9.88 Å². The number of anilines is 1. The first-order chi connectivity index (χ1) is 10.9. The van der Waals surface area contributed by atoms with Gasteiger partial charge in [-0.05, 0) is 6.42 Å². The van der Waals surface area contributed by atoms with Crippen molar-refractivity contribution in [3.63, 3.8) is 0 Å². The summed E-state index contributed by atoms with van der Waals surface area (Å²) in [4.78, 5) is 17.3. The van der Waals surface area contributed by atoms with Crippen molar-refractivity contribution in [2.75, 3.05) is 32.2 Å². The number of rotatable bonds is 3. The van der Waals surface area contributed by atoms with Gasteiger partial charge in [0.2, 0.25) is 0 Å². The van der Waals surface area contributed by atoms with E-state index in [0.717, 1.165) is 18.7 Å². The van der Waals surface area contributed by atoms with Crippen LogP contribution in [0.15, 0.2) is 12.3 Å². The molecule has 1 aliphatic rings. The number of hydrogen-bond acceptors (Lipinski definition) is 4. The van der Waals surface area contributed by atoms with Crippen LogP contribution in [0, 0.1) is 0 Å². The zero-order valence-electron chi connectivity index (χ0n) is 12.8. The number of amides is 2. The van der Waals surface area contributed by atoms with Crippen LogP contribution >= 0.6 is 0 Å². The average Bonchev–Trinajstić information content (AvgIpc) is 2.54. The molecule has 1 saturated heterocycles. The van der Waals surface area contributed by atoms with E-state index >= 15 is 0 Å². The maximum atomic E-state index is 12.7. The smallest absolute Gasteiger partial charge is 0.433 e. The van der Waals surface area contributed by atoms with E-state index in [0.29, 0.717) is 19.8 Å². The standard InChI is InChI=1S/C14H18F3N3O3/c1-3-9-8-23-5-4-20(9)13(21)19-10-7-18-12(14(15,16)17)6-11(10)22-2/h6-7,9H,3-5,8H2,1-2H3,(H,19,21)/t9-/m0/s1. The number of methoxy groups -OCH3 is 1.